The van der Waals surface area contributed by atoms with Crippen LogP contribution in [0.2, 0.25) is 0 Å². The van der Waals surface area contributed by atoms with Crippen molar-refractivity contribution < 1.29 is 53.2 Å². The molecule has 0 bridgehead atoms. The van der Waals surface area contributed by atoms with Crippen molar-refractivity contribution in [1.29, 1.82) is 0 Å². The van der Waals surface area contributed by atoms with E-state index in [1.54, 1.807) is 0 Å². The number of benzene rings is 1. The van der Waals surface area contributed by atoms with E-state index in [4.69, 9.17) is 9.26 Å². The number of phosphoric ester groups is 1. The van der Waals surface area contributed by atoms with Crippen molar-refractivity contribution in [2.45, 2.75) is 132 Å². The van der Waals surface area contributed by atoms with Crippen LogP contribution in [0.5, 0.6) is 11.5 Å². The topological polar surface area (TPSA) is 78.8 Å². The van der Waals surface area contributed by atoms with E-state index in [1.807, 2.05) is 20.8 Å². The van der Waals surface area contributed by atoms with Crippen molar-refractivity contribution in [1.82, 2.24) is 0 Å². The summed E-state index contributed by atoms with van der Waals surface area (Å²) in [7, 11) is -4.86. The number of hydrogen-bond donors (Lipinski definition) is 1. The van der Waals surface area contributed by atoms with Crippen LogP contribution in [-0.4, -0.2) is 10.5 Å². The van der Waals surface area contributed by atoms with Crippen molar-refractivity contribution in [3.8, 4) is 11.5 Å². The Morgan fingerprint density at radius 2 is 1.47 bits per heavy atom. The molecule has 1 heterocycles. The molecule has 1 aromatic rings. The van der Waals surface area contributed by atoms with E-state index in [9.17, 15) is 14.4 Å². The summed E-state index contributed by atoms with van der Waals surface area (Å²) < 4.78 is 22.9. The minimum atomic E-state index is -4.86. The molecule has 1 N–H and O–H groups in total. The van der Waals surface area contributed by atoms with Crippen LogP contribution in [0.4, 0.5) is 0 Å². The summed E-state index contributed by atoms with van der Waals surface area (Å²) in [5.74, 6) is 3.50. The van der Waals surface area contributed by atoms with Crippen molar-refractivity contribution in [2.24, 2.45) is 17.8 Å². The van der Waals surface area contributed by atoms with Crippen molar-refractivity contribution in [2.75, 3.05) is 0 Å². The monoisotopic (exact) mass is 532 g/mol. The van der Waals surface area contributed by atoms with E-state index in [-0.39, 0.29) is 40.9 Å². The second-order valence-electron chi connectivity index (χ2n) is 12.0. The van der Waals surface area contributed by atoms with E-state index >= 15 is 0 Å². The van der Waals surface area contributed by atoms with Crippen LogP contribution < -0.4 is 43.7 Å². The van der Waals surface area contributed by atoms with Gasteiger partial charge in [-0.25, -0.2) is 0 Å². The van der Waals surface area contributed by atoms with Crippen LogP contribution in [-0.2, 0) is 11.0 Å². The van der Waals surface area contributed by atoms with Gasteiger partial charge < -0.3 is 19.0 Å². The van der Waals surface area contributed by atoms with Gasteiger partial charge in [0.1, 0.15) is 17.1 Å². The predicted octanol–water partition coefficient (Wildman–Crippen LogP) is 4.98. The molecular formula is C29H50NaO5P. The Hall–Kier alpha value is -0.0300. The van der Waals surface area contributed by atoms with Crippen molar-refractivity contribution in [3.05, 3.63) is 22.3 Å². The molecule has 0 saturated heterocycles. The van der Waals surface area contributed by atoms with Gasteiger partial charge in [0.25, 0.3) is 0 Å². The first-order valence-electron chi connectivity index (χ1n) is 13.8. The van der Waals surface area contributed by atoms with Crippen LogP contribution in [0, 0.1) is 38.5 Å². The second kappa shape index (κ2) is 14.9. The van der Waals surface area contributed by atoms with Crippen LogP contribution in [0.25, 0.3) is 0 Å². The molecule has 1 aromatic carbocycles. The maximum absolute atomic E-state index is 11.4. The third-order valence-corrected chi connectivity index (χ3v) is 8.46. The molecule has 0 saturated carbocycles. The Morgan fingerprint density at radius 1 is 0.944 bits per heavy atom. The minimum absolute atomic E-state index is 0. The molecule has 1 aliphatic rings. The Labute approximate surface area is 243 Å². The summed E-state index contributed by atoms with van der Waals surface area (Å²) in [6.45, 7) is 17.2. The van der Waals surface area contributed by atoms with E-state index in [0.29, 0.717) is 5.56 Å². The molecule has 5 nitrogen and oxygen atoms in total. The number of fused-ring (bicyclic) bond motifs is 1. The third kappa shape index (κ3) is 10.6. The molecule has 202 valence electrons. The van der Waals surface area contributed by atoms with E-state index in [2.05, 4.69) is 34.6 Å². The number of phosphoric acid groups is 1. The maximum atomic E-state index is 11.4. The van der Waals surface area contributed by atoms with Crippen LogP contribution >= 0.6 is 7.82 Å². The molecule has 1 unspecified atom stereocenters. The van der Waals surface area contributed by atoms with Gasteiger partial charge in [-0.3, -0.25) is 4.57 Å². The molecule has 0 amide bonds. The normalized spacial score (nSPS) is 20.6. The number of ether oxygens (including phenoxy) is 1. The Kier molecular flexibility index (Phi) is 14.1. The third-order valence-electron chi connectivity index (χ3n) is 8.04. The zero-order chi connectivity index (χ0) is 26.4. The molecule has 7 heteroatoms. The Morgan fingerprint density at radius 3 is 2.00 bits per heavy atom. The van der Waals surface area contributed by atoms with Crippen LogP contribution in [0.3, 0.4) is 0 Å². The second-order valence-corrected chi connectivity index (χ2v) is 13.1. The maximum Gasteiger partial charge on any atom is 1.00 e. The van der Waals surface area contributed by atoms with Gasteiger partial charge >= 0.3 is 37.4 Å². The Balaban J connectivity index is 0.00000648. The smallest absolute Gasteiger partial charge is 0.746 e. The van der Waals surface area contributed by atoms with Gasteiger partial charge in [0.05, 0.1) is 0 Å². The van der Waals surface area contributed by atoms with Gasteiger partial charge in [0.2, 0.25) is 0 Å². The molecule has 0 aromatic heterocycles. The van der Waals surface area contributed by atoms with E-state index in [0.717, 1.165) is 65.9 Å². The van der Waals surface area contributed by atoms with Crippen molar-refractivity contribution >= 4 is 7.82 Å². The molecular weight excluding hydrogens is 482 g/mol. The largest absolute Gasteiger partial charge is 1.00 e. The quantitative estimate of drug-likeness (QED) is 0.270. The average molecular weight is 533 g/mol. The van der Waals surface area contributed by atoms with Gasteiger partial charge in [-0.05, 0) is 87.8 Å². The minimum Gasteiger partial charge on any atom is -0.746 e. The molecule has 1 aliphatic heterocycles. The Bertz CT molecular complexity index is 881. The van der Waals surface area contributed by atoms with Gasteiger partial charge in [-0.2, -0.15) is 0 Å². The summed E-state index contributed by atoms with van der Waals surface area (Å²) in [5.41, 5.74) is 3.10. The van der Waals surface area contributed by atoms with Crippen LogP contribution in [0.1, 0.15) is 121 Å². The first kappa shape index (κ1) is 34.0. The first-order valence-corrected chi connectivity index (χ1v) is 15.3. The fraction of sp³-hybridized carbons (Fsp3) is 0.793. The van der Waals surface area contributed by atoms with E-state index in [1.165, 1.54) is 44.9 Å². The van der Waals surface area contributed by atoms with Gasteiger partial charge in [0.15, 0.2) is 0 Å². The summed E-state index contributed by atoms with van der Waals surface area (Å²) in [4.78, 5) is 20.6. The molecule has 4 atom stereocenters. The molecule has 0 fully saturated rings. The summed E-state index contributed by atoms with van der Waals surface area (Å²) in [6, 6.07) is 0. The zero-order valence-corrected chi connectivity index (χ0v) is 27.4. The van der Waals surface area contributed by atoms with Gasteiger partial charge in [-0.15, -0.1) is 0 Å². The fourth-order valence-electron chi connectivity index (χ4n) is 5.51. The standard InChI is InChI=1S/C29H51O5P.Na/c1-20(2)12-9-13-21(3)14-10-15-22(4)16-11-18-29(8)19-17-26-25(7)27(34-35(30,31)32)23(5)24(6)28(26)33-29;/h20-22H,9-19H2,1-8H3,(H2,30,31,32);/q;+1/p-1/t21-,22-,29-;/m0./s1. The summed E-state index contributed by atoms with van der Waals surface area (Å²) in [5, 5.41) is 0. The zero-order valence-electron chi connectivity index (χ0n) is 24.5. The number of hydrogen-bond acceptors (Lipinski definition) is 4. The molecule has 36 heavy (non-hydrogen) atoms. The molecule has 0 spiro atoms. The number of rotatable bonds is 14. The van der Waals surface area contributed by atoms with Crippen LogP contribution in [0.15, 0.2) is 0 Å². The average Bonchev–Trinajstić information content (AvgIpc) is 2.74. The summed E-state index contributed by atoms with van der Waals surface area (Å²) in [6.07, 6.45) is 13.2. The van der Waals surface area contributed by atoms with E-state index < -0.39 is 7.82 Å². The predicted molar refractivity (Wildman–Crippen MR) is 143 cm³/mol. The molecule has 2 rings (SSSR count). The molecule has 0 radical (unpaired) electrons. The molecule has 0 aliphatic carbocycles. The SMILES string of the molecule is Cc1c(C)c2c(c(C)c1OP(=O)([O-])O)CC[C@](C)(CCC[C@@H](C)CCC[C@@H](C)CCCC(C)C)O2.[Na+]. The van der Waals surface area contributed by atoms with Crippen molar-refractivity contribution in [3.63, 3.8) is 0 Å². The fourth-order valence-corrected chi connectivity index (χ4v) is 6.02. The van der Waals surface area contributed by atoms with Gasteiger partial charge in [0, 0.05) is 5.56 Å². The van der Waals surface area contributed by atoms with Gasteiger partial charge in [-0.1, -0.05) is 72.6 Å². The first-order chi connectivity index (χ1) is 16.2. The summed E-state index contributed by atoms with van der Waals surface area (Å²) >= 11 is 0.